The summed E-state index contributed by atoms with van der Waals surface area (Å²) in [5.74, 6) is 0. The Hall–Kier alpha value is -1.65. The number of anilines is 1. The lowest BCUT2D eigenvalue weighted by atomic mass is 10.1. The zero-order chi connectivity index (χ0) is 10.3. The lowest BCUT2D eigenvalue weighted by Crippen LogP contribution is -2.03. The molecule has 1 heterocycles. The van der Waals surface area contributed by atoms with E-state index in [2.05, 4.69) is 0 Å². The summed E-state index contributed by atoms with van der Waals surface area (Å²) < 4.78 is 41.8. The summed E-state index contributed by atoms with van der Waals surface area (Å²) in [6.07, 6.45) is -3.69. The van der Waals surface area contributed by atoms with Crippen LogP contribution in [0.1, 0.15) is 5.56 Å². The van der Waals surface area contributed by atoms with Crippen molar-refractivity contribution in [1.29, 1.82) is 0 Å². The molecule has 0 spiro atoms. The molecule has 0 aliphatic rings. The van der Waals surface area contributed by atoms with E-state index in [-0.39, 0.29) is 11.0 Å². The van der Waals surface area contributed by atoms with E-state index in [1.807, 2.05) is 0 Å². The SMILES string of the molecule is Nc1ccc2c(C(F)(F)F)coc2c1. The molecule has 1 aromatic heterocycles. The standard InChI is InChI=1S/C9H6F3NO/c10-9(11,12)7-4-14-8-3-5(13)1-2-6(7)8/h1-4H,13H2. The molecule has 2 aromatic rings. The van der Waals surface area contributed by atoms with Crippen molar-refractivity contribution in [1.82, 2.24) is 0 Å². The second-order valence-electron chi connectivity index (χ2n) is 2.90. The minimum Gasteiger partial charge on any atom is -0.464 e. The molecule has 0 radical (unpaired) electrons. The van der Waals surface area contributed by atoms with E-state index in [9.17, 15) is 13.2 Å². The summed E-state index contributed by atoms with van der Waals surface area (Å²) in [6, 6.07) is 4.08. The van der Waals surface area contributed by atoms with Gasteiger partial charge in [-0.25, -0.2) is 0 Å². The number of halogens is 3. The summed E-state index contributed by atoms with van der Waals surface area (Å²) in [5, 5.41) is 0.0340. The van der Waals surface area contributed by atoms with Gasteiger partial charge in [-0.2, -0.15) is 13.2 Å². The van der Waals surface area contributed by atoms with Gasteiger partial charge in [0.15, 0.2) is 0 Å². The average Bonchev–Trinajstić information content (AvgIpc) is 2.45. The third-order valence-electron chi connectivity index (χ3n) is 1.90. The molecular weight excluding hydrogens is 195 g/mol. The van der Waals surface area contributed by atoms with Crippen molar-refractivity contribution in [3.05, 3.63) is 30.0 Å². The van der Waals surface area contributed by atoms with Crippen molar-refractivity contribution < 1.29 is 17.6 Å². The maximum Gasteiger partial charge on any atom is 0.420 e. The highest BCUT2D eigenvalue weighted by molar-refractivity contribution is 5.84. The van der Waals surface area contributed by atoms with Gasteiger partial charge in [-0.1, -0.05) is 0 Å². The van der Waals surface area contributed by atoms with Gasteiger partial charge in [0, 0.05) is 17.1 Å². The van der Waals surface area contributed by atoms with Gasteiger partial charge in [0.05, 0.1) is 0 Å². The van der Waals surface area contributed by atoms with E-state index in [4.69, 9.17) is 10.2 Å². The Morgan fingerprint density at radius 1 is 1.21 bits per heavy atom. The second-order valence-corrected chi connectivity index (χ2v) is 2.90. The van der Waals surface area contributed by atoms with E-state index in [1.165, 1.54) is 18.2 Å². The van der Waals surface area contributed by atoms with Crippen LogP contribution in [0.4, 0.5) is 18.9 Å². The summed E-state index contributed by atoms with van der Waals surface area (Å²) in [4.78, 5) is 0. The third kappa shape index (κ3) is 1.30. The minimum absolute atomic E-state index is 0.0340. The minimum atomic E-state index is -4.39. The molecule has 2 rings (SSSR count). The summed E-state index contributed by atoms with van der Waals surface area (Å²) >= 11 is 0. The molecule has 2 nitrogen and oxygen atoms in total. The highest BCUT2D eigenvalue weighted by atomic mass is 19.4. The van der Waals surface area contributed by atoms with Crippen LogP contribution < -0.4 is 5.73 Å². The molecule has 74 valence electrons. The fraction of sp³-hybridized carbons (Fsp3) is 0.111. The van der Waals surface area contributed by atoms with Crippen LogP contribution in [0, 0.1) is 0 Å². The molecule has 0 saturated heterocycles. The van der Waals surface area contributed by atoms with Crippen molar-refractivity contribution in [3.63, 3.8) is 0 Å². The fourth-order valence-electron chi connectivity index (χ4n) is 1.26. The van der Waals surface area contributed by atoms with Crippen molar-refractivity contribution >= 4 is 16.7 Å². The maximum atomic E-state index is 12.4. The first-order valence-electron chi connectivity index (χ1n) is 3.82. The predicted octanol–water partition coefficient (Wildman–Crippen LogP) is 3.03. The van der Waals surface area contributed by atoms with Crippen LogP contribution in [0.2, 0.25) is 0 Å². The van der Waals surface area contributed by atoms with Crippen LogP contribution in [0.3, 0.4) is 0 Å². The number of furan rings is 1. The first kappa shape index (κ1) is 8.93. The van der Waals surface area contributed by atoms with Crippen molar-refractivity contribution in [2.24, 2.45) is 0 Å². The van der Waals surface area contributed by atoms with Crippen LogP contribution in [-0.2, 0) is 6.18 Å². The molecule has 14 heavy (non-hydrogen) atoms. The number of fused-ring (bicyclic) bond motifs is 1. The Balaban J connectivity index is 2.70. The Kier molecular flexibility index (Phi) is 1.70. The van der Waals surface area contributed by atoms with E-state index < -0.39 is 11.7 Å². The number of nitrogens with two attached hydrogens (primary N) is 1. The molecule has 0 atom stereocenters. The zero-order valence-corrected chi connectivity index (χ0v) is 6.93. The van der Waals surface area contributed by atoms with Gasteiger partial charge in [-0.05, 0) is 12.1 Å². The monoisotopic (exact) mass is 201 g/mol. The third-order valence-corrected chi connectivity index (χ3v) is 1.90. The predicted molar refractivity (Wildman–Crippen MR) is 45.6 cm³/mol. The van der Waals surface area contributed by atoms with Gasteiger partial charge in [-0.3, -0.25) is 0 Å². The fourth-order valence-corrected chi connectivity index (χ4v) is 1.26. The topological polar surface area (TPSA) is 39.2 Å². The van der Waals surface area contributed by atoms with Gasteiger partial charge in [-0.15, -0.1) is 0 Å². The molecule has 0 saturated carbocycles. The molecule has 0 unspecified atom stereocenters. The molecule has 0 aliphatic heterocycles. The normalized spacial score (nSPS) is 12.2. The van der Waals surface area contributed by atoms with Crippen molar-refractivity contribution in [3.8, 4) is 0 Å². The number of hydrogen-bond acceptors (Lipinski definition) is 2. The largest absolute Gasteiger partial charge is 0.464 e. The molecular formula is C9H6F3NO. The smallest absolute Gasteiger partial charge is 0.420 e. The van der Waals surface area contributed by atoms with Gasteiger partial charge in [0.2, 0.25) is 0 Å². The zero-order valence-electron chi connectivity index (χ0n) is 6.93. The van der Waals surface area contributed by atoms with Crippen molar-refractivity contribution in [2.45, 2.75) is 6.18 Å². The summed E-state index contributed by atoms with van der Waals surface area (Å²) in [7, 11) is 0. The molecule has 2 N–H and O–H groups in total. The molecule has 0 bridgehead atoms. The van der Waals surface area contributed by atoms with Gasteiger partial charge in [0.25, 0.3) is 0 Å². The Morgan fingerprint density at radius 3 is 2.57 bits per heavy atom. The Labute approximate surface area is 77.1 Å². The van der Waals surface area contributed by atoms with Crippen LogP contribution in [0.25, 0.3) is 11.0 Å². The molecule has 1 aromatic carbocycles. The highest BCUT2D eigenvalue weighted by Gasteiger charge is 2.34. The molecule has 0 aliphatic carbocycles. The average molecular weight is 201 g/mol. The van der Waals surface area contributed by atoms with Crippen LogP contribution in [0.15, 0.2) is 28.9 Å². The summed E-state index contributed by atoms with van der Waals surface area (Å²) in [5.41, 5.74) is 5.16. The first-order valence-corrected chi connectivity index (χ1v) is 3.82. The number of hydrogen-bond donors (Lipinski definition) is 1. The van der Waals surface area contributed by atoms with Crippen molar-refractivity contribution in [2.75, 3.05) is 5.73 Å². The van der Waals surface area contributed by atoms with Gasteiger partial charge < -0.3 is 10.2 Å². The number of alkyl halides is 3. The number of rotatable bonds is 0. The van der Waals surface area contributed by atoms with E-state index in [1.54, 1.807) is 0 Å². The second kappa shape index (κ2) is 2.67. The summed E-state index contributed by atoms with van der Waals surface area (Å²) in [6.45, 7) is 0. The number of benzene rings is 1. The van der Waals surface area contributed by atoms with E-state index >= 15 is 0 Å². The molecule has 5 heteroatoms. The number of nitrogen functional groups attached to an aromatic ring is 1. The van der Waals surface area contributed by atoms with Gasteiger partial charge in [0.1, 0.15) is 17.4 Å². The quantitative estimate of drug-likeness (QED) is 0.665. The first-order chi connectivity index (χ1) is 6.48. The van der Waals surface area contributed by atoms with E-state index in [0.29, 0.717) is 12.0 Å². The van der Waals surface area contributed by atoms with Crippen LogP contribution >= 0.6 is 0 Å². The Morgan fingerprint density at radius 2 is 1.93 bits per heavy atom. The Bertz CT molecular complexity index is 472. The molecule has 0 amide bonds. The van der Waals surface area contributed by atoms with E-state index in [0.717, 1.165) is 0 Å². The molecule has 0 fully saturated rings. The van der Waals surface area contributed by atoms with Crippen LogP contribution in [0.5, 0.6) is 0 Å². The lowest BCUT2D eigenvalue weighted by molar-refractivity contribution is -0.136. The highest BCUT2D eigenvalue weighted by Crippen LogP contribution is 2.36. The maximum absolute atomic E-state index is 12.4. The lowest BCUT2D eigenvalue weighted by Gasteiger charge is -2.02. The van der Waals surface area contributed by atoms with Gasteiger partial charge >= 0.3 is 6.18 Å². The van der Waals surface area contributed by atoms with Crippen LogP contribution in [-0.4, -0.2) is 0 Å².